The van der Waals surface area contributed by atoms with E-state index < -0.39 is 72.8 Å². The molecule has 1 saturated heterocycles. The predicted molar refractivity (Wildman–Crippen MR) is 150 cm³/mol. The fourth-order valence-corrected chi connectivity index (χ4v) is 12.0. The van der Waals surface area contributed by atoms with Gasteiger partial charge in [-0.15, -0.1) is 0 Å². The van der Waals surface area contributed by atoms with Gasteiger partial charge in [0.1, 0.15) is 0 Å². The Kier molecular flexibility index (Phi) is 15.2. The fourth-order valence-electron chi connectivity index (χ4n) is 3.77. The molecule has 234 valence electrons. The van der Waals surface area contributed by atoms with E-state index in [-0.39, 0.29) is 39.2 Å². The molecule has 0 spiro atoms. The zero-order valence-corrected chi connectivity index (χ0v) is 28.3. The van der Waals surface area contributed by atoms with Crippen molar-refractivity contribution in [1.29, 1.82) is 0 Å². The van der Waals surface area contributed by atoms with Gasteiger partial charge in [0, 0.05) is 20.8 Å². The molecule has 0 aliphatic carbocycles. The first-order valence-corrected chi connectivity index (χ1v) is 21.8. The summed E-state index contributed by atoms with van der Waals surface area (Å²) in [5.41, 5.74) is 0. The second kappa shape index (κ2) is 16.5. The number of ether oxygens (including phenoxy) is 7. The standard InChI is InChI=1S/C24H47O13PSi2/c1-17-21(33-18(2)25)22(34-19(3)26)23(35-20(4)27)24(32-17)31-14-13-29-11-12-30-15-16-38(28,36-39(5,6)7)37-40(8,9)10/h17,21-24H,11-16H2,1-10H3/t17-,21-,22+,23+,24+/m0/s1. The molecule has 0 aromatic rings. The van der Waals surface area contributed by atoms with E-state index in [0.717, 1.165) is 0 Å². The van der Waals surface area contributed by atoms with Crippen molar-refractivity contribution in [2.45, 2.75) is 97.7 Å². The number of rotatable bonds is 17. The monoisotopic (exact) mass is 630 g/mol. The lowest BCUT2D eigenvalue weighted by Gasteiger charge is -2.43. The summed E-state index contributed by atoms with van der Waals surface area (Å²) in [6.45, 7) is 17.9. The molecule has 0 unspecified atom stereocenters. The molecule has 1 rings (SSSR count). The Balaban J connectivity index is 2.56. The molecule has 16 heteroatoms. The second-order valence-electron chi connectivity index (χ2n) is 11.3. The molecule has 1 heterocycles. The molecule has 5 atom stereocenters. The van der Waals surface area contributed by atoms with Crippen LogP contribution >= 0.6 is 7.60 Å². The Bertz CT molecular complexity index is 854. The van der Waals surface area contributed by atoms with E-state index >= 15 is 0 Å². The molecule has 0 N–H and O–H groups in total. The highest BCUT2D eigenvalue weighted by Crippen LogP contribution is 2.52. The SMILES string of the molecule is CC(=O)O[C@@H]1[C@@H](OC(C)=O)[C@H](C)O[C@@H](OCCOCCOCCP(=O)(O[Si](C)(C)C)O[Si](C)(C)C)[C@@H]1OC(C)=O. The van der Waals surface area contributed by atoms with Crippen molar-refractivity contribution >= 4 is 42.1 Å². The van der Waals surface area contributed by atoms with Gasteiger partial charge < -0.3 is 41.6 Å². The van der Waals surface area contributed by atoms with Crippen LogP contribution in [0.4, 0.5) is 0 Å². The highest BCUT2D eigenvalue weighted by molar-refractivity contribution is 7.57. The van der Waals surface area contributed by atoms with Crippen LogP contribution in [-0.4, -0.2) is 104 Å². The third-order valence-corrected chi connectivity index (χ3v) is 12.2. The summed E-state index contributed by atoms with van der Waals surface area (Å²) in [4.78, 5) is 35.1. The first kappa shape index (κ1) is 36.9. The van der Waals surface area contributed by atoms with E-state index in [1.54, 1.807) is 6.92 Å². The maximum Gasteiger partial charge on any atom is 0.313 e. The average molecular weight is 631 g/mol. The van der Waals surface area contributed by atoms with Crippen LogP contribution in [0, 0.1) is 0 Å². The molecule has 40 heavy (non-hydrogen) atoms. The fraction of sp³-hybridized carbons (Fsp3) is 0.875. The molecule has 0 aromatic carbocycles. The van der Waals surface area contributed by atoms with Crippen molar-refractivity contribution in [3.8, 4) is 0 Å². The van der Waals surface area contributed by atoms with Crippen molar-refractivity contribution in [1.82, 2.24) is 0 Å². The van der Waals surface area contributed by atoms with Crippen LogP contribution in [0.25, 0.3) is 0 Å². The first-order chi connectivity index (χ1) is 18.3. The van der Waals surface area contributed by atoms with Gasteiger partial charge in [0.2, 0.25) is 0 Å². The quantitative estimate of drug-likeness (QED) is 0.0759. The van der Waals surface area contributed by atoms with Gasteiger partial charge in [-0.3, -0.25) is 18.9 Å². The molecule has 0 bridgehead atoms. The number of esters is 3. The minimum absolute atomic E-state index is 0.0590. The summed E-state index contributed by atoms with van der Waals surface area (Å²) in [6.07, 6.45) is -4.94. The topological polar surface area (TPSA) is 151 Å². The molecule has 1 aliphatic heterocycles. The molecule has 0 radical (unpaired) electrons. The van der Waals surface area contributed by atoms with Crippen LogP contribution in [0.1, 0.15) is 27.7 Å². The van der Waals surface area contributed by atoms with Crippen molar-refractivity contribution in [3.63, 3.8) is 0 Å². The number of carbonyl (C=O) groups is 3. The summed E-state index contributed by atoms with van der Waals surface area (Å²) in [7, 11) is -7.43. The number of hydrogen-bond donors (Lipinski definition) is 0. The number of carbonyl (C=O) groups excluding carboxylic acids is 3. The van der Waals surface area contributed by atoms with Crippen LogP contribution < -0.4 is 0 Å². The summed E-state index contributed by atoms with van der Waals surface area (Å²) in [5.74, 6) is -1.91. The molecule has 13 nitrogen and oxygen atoms in total. The zero-order valence-electron chi connectivity index (χ0n) is 25.4. The molecule has 0 amide bonds. The first-order valence-electron chi connectivity index (χ1n) is 13.3. The Labute approximate surface area is 239 Å². The summed E-state index contributed by atoms with van der Waals surface area (Å²) >= 11 is 0. The van der Waals surface area contributed by atoms with Crippen molar-refractivity contribution < 1.29 is 60.5 Å². The molecule has 0 aromatic heterocycles. The normalized spacial score (nSPS) is 23.9. The Morgan fingerprint density at radius 2 is 1.10 bits per heavy atom. The molecular formula is C24H47O13PSi2. The summed E-state index contributed by atoms with van der Waals surface area (Å²) < 4.78 is 63.6. The van der Waals surface area contributed by atoms with E-state index in [4.69, 9.17) is 41.6 Å². The van der Waals surface area contributed by atoms with Gasteiger partial charge in [0.15, 0.2) is 41.2 Å². The third-order valence-electron chi connectivity index (χ3n) is 4.85. The Hall–Kier alpha value is -1.17. The molecule has 0 saturated carbocycles. The van der Waals surface area contributed by atoms with E-state index in [2.05, 4.69) is 0 Å². The van der Waals surface area contributed by atoms with Gasteiger partial charge in [0.25, 0.3) is 0 Å². The Morgan fingerprint density at radius 3 is 1.57 bits per heavy atom. The van der Waals surface area contributed by atoms with Gasteiger partial charge in [0.05, 0.1) is 45.3 Å². The summed E-state index contributed by atoms with van der Waals surface area (Å²) in [5, 5.41) is 0. The van der Waals surface area contributed by atoms with Crippen molar-refractivity contribution in [2.75, 3.05) is 39.2 Å². The van der Waals surface area contributed by atoms with Gasteiger partial charge in [-0.2, -0.15) is 0 Å². The lowest BCUT2D eigenvalue weighted by molar-refractivity contribution is -0.302. The Morgan fingerprint density at radius 1 is 0.675 bits per heavy atom. The van der Waals surface area contributed by atoms with Crippen LogP contribution in [0.15, 0.2) is 0 Å². The van der Waals surface area contributed by atoms with Gasteiger partial charge in [-0.25, -0.2) is 0 Å². The van der Waals surface area contributed by atoms with Crippen LogP contribution in [-0.2, 0) is 60.5 Å². The maximum atomic E-state index is 13.2. The molecule has 1 aliphatic rings. The highest BCUT2D eigenvalue weighted by Gasteiger charge is 2.50. The maximum absolute atomic E-state index is 13.2. The van der Waals surface area contributed by atoms with Crippen molar-refractivity contribution in [2.24, 2.45) is 0 Å². The van der Waals surface area contributed by atoms with Gasteiger partial charge in [-0.1, -0.05) is 0 Å². The van der Waals surface area contributed by atoms with E-state index in [9.17, 15) is 18.9 Å². The van der Waals surface area contributed by atoms with E-state index in [1.165, 1.54) is 20.8 Å². The van der Waals surface area contributed by atoms with Crippen LogP contribution in [0.3, 0.4) is 0 Å². The second-order valence-corrected chi connectivity index (χ2v) is 22.8. The van der Waals surface area contributed by atoms with Crippen molar-refractivity contribution in [3.05, 3.63) is 0 Å². The number of hydrogen-bond acceptors (Lipinski definition) is 13. The molecular weight excluding hydrogens is 583 g/mol. The average Bonchev–Trinajstić information content (AvgIpc) is 2.73. The van der Waals surface area contributed by atoms with Gasteiger partial charge >= 0.3 is 25.5 Å². The predicted octanol–water partition coefficient (Wildman–Crippen LogP) is 3.47. The minimum atomic E-state index is -3.26. The van der Waals surface area contributed by atoms with E-state index in [1.807, 2.05) is 39.3 Å². The third kappa shape index (κ3) is 15.2. The highest BCUT2D eigenvalue weighted by atomic mass is 31.2. The van der Waals surface area contributed by atoms with E-state index in [0.29, 0.717) is 0 Å². The molecule has 1 fully saturated rings. The largest absolute Gasteiger partial charge is 0.456 e. The van der Waals surface area contributed by atoms with Crippen LogP contribution in [0.5, 0.6) is 0 Å². The van der Waals surface area contributed by atoms with Crippen LogP contribution in [0.2, 0.25) is 39.3 Å². The lowest BCUT2D eigenvalue weighted by Crippen LogP contribution is -2.61. The van der Waals surface area contributed by atoms with Gasteiger partial charge in [-0.05, 0) is 46.2 Å². The minimum Gasteiger partial charge on any atom is -0.456 e. The zero-order chi connectivity index (χ0) is 30.7. The lowest BCUT2D eigenvalue weighted by atomic mass is 9.99. The summed E-state index contributed by atoms with van der Waals surface area (Å²) in [6, 6.07) is 0. The smallest absolute Gasteiger partial charge is 0.313 e.